The van der Waals surface area contributed by atoms with Crippen LogP contribution in [-0.4, -0.2) is 18.7 Å². The minimum absolute atomic E-state index is 0.148. The number of ether oxygens (including phenoxy) is 2. The summed E-state index contributed by atoms with van der Waals surface area (Å²) in [6.07, 6.45) is 0.131. The Morgan fingerprint density at radius 2 is 2.00 bits per heavy atom. The van der Waals surface area contributed by atoms with Gasteiger partial charge in [-0.1, -0.05) is 23.7 Å². The molecule has 0 radical (unpaired) electrons. The molecule has 1 unspecified atom stereocenters. The number of hydrogen-bond acceptors (Lipinski definition) is 3. The van der Waals surface area contributed by atoms with Crippen molar-refractivity contribution in [2.75, 3.05) is 6.61 Å². The average Bonchev–Trinajstić information content (AvgIpc) is 2.28. The lowest BCUT2D eigenvalue weighted by molar-refractivity contribution is -0.146. The molecule has 4 heteroatoms. The lowest BCUT2D eigenvalue weighted by Crippen LogP contribution is -2.16. The van der Waals surface area contributed by atoms with Gasteiger partial charge in [0.1, 0.15) is 0 Å². The molecule has 0 aliphatic heterocycles. The number of hydrogen-bond donors (Lipinski definition) is 0. The number of esters is 1. The predicted molar refractivity (Wildman–Crippen MR) is 67.0 cm³/mol. The number of benzene rings is 1. The molecule has 94 valence electrons. The molecule has 1 aromatic rings. The molecule has 3 nitrogen and oxygen atoms in total. The third kappa shape index (κ3) is 5.71. The maximum atomic E-state index is 11.2. The van der Waals surface area contributed by atoms with Crippen LogP contribution in [0.5, 0.6) is 0 Å². The fourth-order valence-corrected chi connectivity index (χ4v) is 1.46. The van der Waals surface area contributed by atoms with E-state index in [1.54, 1.807) is 6.92 Å². The Kier molecular flexibility index (Phi) is 6.01. The van der Waals surface area contributed by atoms with Crippen LogP contribution in [0.25, 0.3) is 0 Å². The van der Waals surface area contributed by atoms with Gasteiger partial charge < -0.3 is 9.47 Å². The molecular weight excluding hydrogens is 240 g/mol. The minimum atomic E-state index is -0.226. The molecule has 0 spiro atoms. The van der Waals surface area contributed by atoms with Gasteiger partial charge in [0.25, 0.3) is 0 Å². The van der Waals surface area contributed by atoms with E-state index in [1.807, 2.05) is 31.2 Å². The molecule has 0 aliphatic carbocycles. The Hall–Kier alpha value is -1.06. The second-order valence-corrected chi connectivity index (χ2v) is 4.19. The van der Waals surface area contributed by atoms with Crippen LogP contribution in [0.3, 0.4) is 0 Å². The van der Waals surface area contributed by atoms with Crippen molar-refractivity contribution in [3.63, 3.8) is 0 Å². The van der Waals surface area contributed by atoms with Crippen molar-refractivity contribution in [2.45, 2.75) is 33.0 Å². The summed E-state index contributed by atoms with van der Waals surface area (Å²) < 4.78 is 10.4. The van der Waals surface area contributed by atoms with E-state index in [0.717, 1.165) is 5.56 Å². The monoisotopic (exact) mass is 256 g/mol. The predicted octanol–water partition coefficient (Wildman–Crippen LogP) is 3.20. The van der Waals surface area contributed by atoms with Crippen LogP contribution in [0.1, 0.15) is 25.8 Å². The highest BCUT2D eigenvalue weighted by Crippen LogP contribution is 2.11. The number of carbonyl (C=O) groups is 1. The first-order valence-corrected chi connectivity index (χ1v) is 6.01. The van der Waals surface area contributed by atoms with Gasteiger partial charge in [0.15, 0.2) is 0 Å². The zero-order chi connectivity index (χ0) is 12.7. The number of rotatable bonds is 6. The Labute approximate surface area is 107 Å². The fraction of sp³-hybridized carbons (Fsp3) is 0.462. The summed E-state index contributed by atoms with van der Waals surface area (Å²) in [5.74, 6) is -0.226. The summed E-state index contributed by atoms with van der Waals surface area (Å²) in [7, 11) is 0. The lowest BCUT2D eigenvalue weighted by atomic mass is 10.2. The summed E-state index contributed by atoms with van der Waals surface area (Å²) in [6.45, 7) is 4.52. The third-order valence-corrected chi connectivity index (χ3v) is 2.46. The van der Waals surface area contributed by atoms with Crippen molar-refractivity contribution in [3.8, 4) is 0 Å². The maximum absolute atomic E-state index is 11.2. The zero-order valence-corrected chi connectivity index (χ0v) is 10.9. The number of halogens is 1. The van der Waals surface area contributed by atoms with Crippen molar-refractivity contribution >= 4 is 17.6 Å². The smallest absolute Gasteiger partial charge is 0.308 e. The van der Waals surface area contributed by atoms with Gasteiger partial charge in [0, 0.05) is 5.02 Å². The summed E-state index contributed by atoms with van der Waals surface area (Å²) >= 11 is 5.78. The van der Waals surface area contributed by atoms with E-state index in [9.17, 15) is 4.79 Å². The summed E-state index contributed by atoms with van der Waals surface area (Å²) in [6, 6.07) is 7.44. The molecular formula is C13H17ClO3. The standard InChI is InChI=1S/C13H17ClO3/c1-3-16-13(15)8-10(2)17-9-11-4-6-12(14)7-5-11/h4-7,10H,3,8-9H2,1-2H3. The van der Waals surface area contributed by atoms with Gasteiger partial charge in [-0.25, -0.2) is 0 Å². The fourth-order valence-electron chi connectivity index (χ4n) is 1.33. The summed E-state index contributed by atoms with van der Waals surface area (Å²) in [4.78, 5) is 11.2. The molecule has 1 rings (SSSR count). The summed E-state index contributed by atoms with van der Waals surface area (Å²) in [5, 5.41) is 0.702. The molecule has 0 amide bonds. The van der Waals surface area contributed by atoms with Crippen LogP contribution in [0.15, 0.2) is 24.3 Å². The topological polar surface area (TPSA) is 35.5 Å². The molecule has 1 atom stereocenters. The molecule has 0 fully saturated rings. The highest BCUT2D eigenvalue weighted by molar-refractivity contribution is 6.30. The summed E-state index contributed by atoms with van der Waals surface area (Å²) in [5.41, 5.74) is 1.03. The van der Waals surface area contributed by atoms with Crippen LogP contribution >= 0.6 is 11.6 Å². The second-order valence-electron chi connectivity index (χ2n) is 3.76. The normalized spacial score (nSPS) is 12.2. The first-order chi connectivity index (χ1) is 8.11. The Morgan fingerprint density at radius 1 is 1.35 bits per heavy atom. The maximum Gasteiger partial charge on any atom is 0.308 e. The minimum Gasteiger partial charge on any atom is -0.466 e. The quantitative estimate of drug-likeness (QED) is 0.734. The van der Waals surface area contributed by atoms with E-state index < -0.39 is 0 Å². The Balaban J connectivity index is 2.30. The molecule has 1 aromatic carbocycles. The molecule has 0 saturated carbocycles. The van der Waals surface area contributed by atoms with Gasteiger partial charge >= 0.3 is 5.97 Å². The largest absolute Gasteiger partial charge is 0.466 e. The van der Waals surface area contributed by atoms with Crippen molar-refractivity contribution < 1.29 is 14.3 Å². The van der Waals surface area contributed by atoms with Gasteiger partial charge in [0.2, 0.25) is 0 Å². The van der Waals surface area contributed by atoms with Gasteiger partial charge in [-0.3, -0.25) is 4.79 Å². The van der Waals surface area contributed by atoms with Gasteiger partial charge in [0.05, 0.1) is 25.7 Å². The van der Waals surface area contributed by atoms with E-state index in [-0.39, 0.29) is 18.5 Å². The zero-order valence-electron chi connectivity index (χ0n) is 10.1. The Bertz CT molecular complexity index is 348. The molecule has 0 heterocycles. The van der Waals surface area contributed by atoms with E-state index in [4.69, 9.17) is 21.1 Å². The average molecular weight is 257 g/mol. The molecule has 0 bridgehead atoms. The van der Waals surface area contributed by atoms with E-state index >= 15 is 0 Å². The first-order valence-electron chi connectivity index (χ1n) is 5.63. The molecule has 17 heavy (non-hydrogen) atoms. The van der Waals surface area contributed by atoms with Crippen LogP contribution in [-0.2, 0) is 20.9 Å². The second kappa shape index (κ2) is 7.30. The van der Waals surface area contributed by atoms with Crippen LogP contribution in [0.2, 0.25) is 5.02 Å². The Morgan fingerprint density at radius 3 is 2.59 bits per heavy atom. The van der Waals surface area contributed by atoms with E-state index in [0.29, 0.717) is 18.2 Å². The van der Waals surface area contributed by atoms with Crippen LogP contribution in [0, 0.1) is 0 Å². The van der Waals surface area contributed by atoms with Crippen molar-refractivity contribution in [1.29, 1.82) is 0 Å². The first kappa shape index (κ1) is 14.0. The van der Waals surface area contributed by atoms with Crippen LogP contribution < -0.4 is 0 Å². The van der Waals surface area contributed by atoms with E-state index in [2.05, 4.69) is 0 Å². The van der Waals surface area contributed by atoms with Crippen molar-refractivity contribution in [3.05, 3.63) is 34.9 Å². The molecule has 0 aromatic heterocycles. The van der Waals surface area contributed by atoms with Gasteiger partial charge in [-0.15, -0.1) is 0 Å². The number of carbonyl (C=O) groups excluding carboxylic acids is 1. The van der Waals surface area contributed by atoms with Gasteiger partial charge in [-0.05, 0) is 31.5 Å². The van der Waals surface area contributed by atoms with Crippen molar-refractivity contribution in [2.24, 2.45) is 0 Å². The lowest BCUT2D eigenvalue weighted by Gasteiger charge is -2.12. The van der Waals surface area contributed by atoms with Gasteiger partial charge in [-0.2, -0.15) is 0 Å². The highest BCUT2D eigenvalue weighted by atomic mass is 35.5. The SMILES string of the molecule is CCOC(=O)CC(C)OCc1ccc(Cl)cc1. The molecule has 0 saturated heterocycles. The third-order valence-electron chi connectivity index (χ3n) is 2.21. The van der Waals surface area contributed by atoms with Crippen LogP contribution in [0.4, 0.5) is 0 Å². The van der Waals surface area contributed by atoms with Crippen molar-refractivity contribution in [1.82, 2.24) is 0 Å². The molecule has 0 N–H and O–H groups in total. The molecule has 0 aliphatic rings. The van der Waals surface area contributed by atoms with E-state index in [1.165, 1.54) is 0 Å². The highest BCUT2D eigenvalue weighted by Gasteiger charge is 2.10.